The van der Waals surface area contributed by atoms with Gasteiger partial charge in [0.2, 0.25) is 5.95 Å². The highest BCUT2D eigenvalue weighted by Gasteiger charge is 2.26. The minimum Gasteiger partial charge on any atom is -0.465 e. The van der Waals surface area contributed by atoms with Crippen LogP contribution in [-0.2, 0) is 4.74 Å². The van der Waals surface area contributed by atoms with Gasteiger partial charge in [0.1, 0.15) is 5.82 Å². The number of carbonyl (C=O) groups is 1. The van der Waals surface area contributed by atoms with E-state index in [0.29, 0.717) is 29.2 Å². The van der Waals surface area contributed by atoms with Crippen molar-refractivity contribution in [2.24, 2.45) is 0 Å². The molecule has 2 aliphatic carbocycles. The summed E-state index contributed by atoms with van der Waals surface area (Å²) in [5.41, 5.74) is 1.87. The van der Waals surface area contributed by atoms with Gasteiger partial charge in [-0.3, -0.25) is 9.36 Å². The first-order valence-corrected chi connectivity index (χ1v) is 11.2. The molecule has 2 atom stereocenters. The molecule has 2 aliphatic rings. The van der Waals surface area contributed by atoms with Crippen molar-refractivity contribution in [1.29, 1.82) is 0 Å². The normalized spacial score (nSPS) is 19.8. The first-order valence-electron chi connectivity index (χ1n) is 11.2. The van der Waals surface area contributed by atoms with Gasteiger partial charge in [0.15, 0.2) is 0 Å². The van der Waals surface area contributed by atoms with Crippen molar-refractivity contribution in [2.75, 3.05) is 17.7 Å². The largest absolute Gasteiger partial charge is 0.465 e. The number of methoxy groups -OCH3 is 1. The van der Waals surface area contributed by atoms with Crippen molar-refractivity contribution in [3.63, 3.8) is 0 Å². The standard InChI is InChI=1S/C24H26N6O3/c1-33-23(32)16-4-9-22(31)30(14-16)20-7-8-21(25-13-20)28-18-5-6-19(10-18)29-24-26-11-17(12-27-24)15-2-3-15/h4,7-9,11-15,18-19H,2-3,5-6,10H2,1H3,(H,25,28)(H,26,27,29)/t18-,19-/m0/s1. The van der Waals surface area contributed by atoms with Crippen LogP contribution in [-0.4, -0.2) is 44.7 Å². The van der Waals surface area contributed by atoms with Gasteiger partial charge in [0.25, 0.3) is 5.56 Å². The maximum Gasteiger partial charge on any atom is 0.339 e. The highest BCUT2D eigenvalue weighted by atomic mass is 16.5. The smallest absolute Gasteiger partial charge is 0.339 e. The SMILES string of the molecule is COC(=O)c1ccc(=O)n(-c2ccc(N[C@H]3CC[C@H](Nc4ncc(C5CC5)cn4)C3)nc2)c1. The molecule has 3 aromatic rings. The van der Waals surface area contributed by atoms with Crippen molar-refractivity contribution in [1.82, 2.24) is 19.5 Å². The molecule has 0 unspecified atom stereocenters. The van der Waals surface area contributed by atoms with Gasteiger partial charge in [-0.2, -0.15) is 0 Å². The van der Waals surface area contributed by atoms with E-state index in [4.69, 9.17) is 4.74 Å². The number of rotatable bonds is 7. The van der Waals surface area contributed by atoms with E-state index in [1.807, 2.05) is 18.5 Å². The van der Waals surface area contributed by atoms with Gasteiger partial charge in [-0.1, -0.05) is 0 Å². The second-order valence-electron chi connectivity index (χ2n) is 8.63. The molecule has 33 heavy (non-hydrogen) atoms. The molecule has 0 aromatic carbocycles. The number of pyridine rings is 2. The average molecular weight is 447 g/mol. The number of esters is 1. The molecule has 3 aromatic heterocycles. The van der Waals surface area contributed by atoms with E-state index in [1.165, 1.54) is 48.4 Å². The Morgan fingerprint density at radius 3 is 2.39 bits per heavy atom. The quantitative estimate of drug-likeness (QED) is 0.533. The van der Waals surface area contributed by atoms with Crippen molar-refractivity contribution in [2.45, 2.75) is 50.1 Å². The van der Waals surface area contributed by atoms with Gasteiger partial charge in [-0.25, -0.2) is 19.7 Å². The Hall–Kier alpha value is -3.75. The molecule has 3 heterocycles. The summed E-state index contributed by atoms with van der Waals surface area (Å²) < 4.78 is 6.11. The lowest BCUT2D eigenvalue weighted by Gasteiger charge is -2.15. The Labute approximate surface area is 191 Å². The molecule has 0 radical (unpaired) electrons. The van der Waals surface area contributed by atoms with Crippen LogP contribution in [0.25, 0.3) is 5.69 Å². The van der Waals surface area contributed by atoms with E-state index in [2.05, 4.69) is 25.6 Å². The molecule has 5 rings (SSSR count). The molecule has 0 bridgehead atoms. The second-order valence-corrected chi connectivity index (χ2v) is 8.63. The van der Waals surface area contributed by atoms with Crippen LogP contribution in [0.5, 0.6) is 0 Å². The summed E-state index contributed by atoms with van der Waals surface area (Å²) in [5.74, 6) is 1.59. The van der Waals surface area contributed by atoms with E-state index in [9.17, 15) is 9.59 Å². The molecule has 2 saturated carbocycles. The summed E-state index contributed by atoms with van der Waals surface area (Å²) in [5, 5.41) is 6.91. The minimum absolute atomic E-state index is 0.248. The summed E-state index contributed by atoms with van der Waals surface area (Å²) in [6, 6.07) is 7.04. The molecule has 9 heteroatoms. The Morgan fingerprint density at radius 1 is 0.970 bits per heavy atom. The van der Waals surface area contributed by atoms with Crippen LogP contribution in [0.2, 0.25) is 0 Å². The maximum atomic E-state index is 12.2. The average Bonchev–Trinajstić information content (AvgIpc) is 3.60. The fourth-order valence-electron chi connectivity index (χ4n) is 4.22. The molecule has 2 fully saturated rings. The molecule has 0 aliphatic heterocycles. The molecular formula is C24H26N6O3. The van der Waals surface area contributed by atoms with Crippen LogP contribution < -0.4 is 16.2 Å². The number of ether oxygens (including phenoxy) is 1. The molecule has 2 N–H and O–H groups in total. The van der Waals surface area contributed by atoms with Crippen molar-refractivity contribution in [3.05, 3.63) is 70.5 Å². The molecule has 0 spiro atoms. The van der Waals surface area contributed by atoms with E-state index >= 15 is 0 Å². The number of aromatic nitrogens is 4. The third kappa shape index (κ3) is 4.87. The number of nitrogens with one attached hydrogen (secondary N) is 2. The molecule has 0 saturated heterocycles. The van der Waals surface area contributed by atoms with Gasteiger partial charge in [-0.15, -0.1) is 0 Å². The number of hydrogen-bond donors (Lipinski definition) is 2. The Bertz CT molecular complexity index is 1190. The third-order valence-electron chi connectivity index (χ3n) is 6.20. The van der Waals surface area contributed by atoms with Gasteiger partial charge in [-0.05, 0) is 61.8 Å². The Kier molecular flexibility index (Phi) is 5.77. The van der Waals surface area contributed by atoms with Crippen LogP contribution in [0.15, 0.2) is 53.8 Å². The predicted molar refractivity (Wildman–Crippen MR) is 124 cm³/mol. The van der Waals surface area contributed by atoms with Crippen molar-refractivity contribution in [3.8, 4) is 5.69 Å². The van der Waals surface area contributed by atoms with Crippen LogP contribution in [0.1, 0.15) is 53.9 Å². The Morgan fingerprint density at radius 2 is 1.73 bits per heavy atom. The lowest BCUT2D eigenvalue weighted by Crippen LogP contribution is -2.22. The number of nitrogens with zero attached hydrogens (tertiary/aromatic N) is 4. The highest BCUT2D eigenvalue weighted by molar-refractivity contribution is 5.88. The maximum absolute atomic E-state index is 12.2. The zero-order valence-corrected chi connectivity index (χ0v) is 18.4. The summed E-state index contributed by atoms with van der Waals surface area (Å²) in [4.78, 5) is 37.4. The van der Waals surface area contributed by atoms with Gasteiger partial charge in [0, 0.05) is 36.7 Å². The fraction of sp³-hybridized carbons (Fsp3) is 0.375. The molecular weight excluding hydrogens is 420 g/mol. The lowest BCUT2D eigenvalue weighted by atomic mass is 10.2. The van der Waals surface area contributed by atoms with Gasteiger partial charge in [0.05, 0.1) is 24.6 Å². The van der Waals surface area contributed by atoms with Crippen LogP contribution in [0.4, 0.5) is 11.8 Å². The van der Waals surface area contributed by atoms with E-state index in [1.54, 1.807) is 12.3 Å². The summed E-state index contributed by atoms with van der Waals surface area (Å²) >= 11 is 0. The highest BCUT2D eigenvalue weighted by Crippen LogP contribution is 2.39. The number of hydrogen-bond acceptors (Lipinski definition) is 8. The fourth-order valence-corrected chi connectivity index (χ4v) is 4.22. The van der Waals surface area contributed by atoms with Gasteiger partial charge < -0.3 is 15.4 Å². The number of anilines is 2. The van der Waals surface area contributed by atoms with E-state index in [-0.39, 0.29) is 11.6 Å². The minimum atomic E-state index is -0.497. The summed E-state index contributed by atoms with van der Waals surface area (Å²) in [6.45, 7) is 0. The van der Waals surface area contributed by atoms with Crippen molar-refractivity contribution < 1.29 is 9.53 Å². The zero-order chi connectivity index (χ0) is 22.8. The van der Waals surface area contributed by atoms with Crippen LogP contribution in [0.3, 0.4) is 0 Å². The summed E-state index contributed by atoms with van der Waals surface area (Å²) in [6.07, 6.45) is 12.4. The number of carbonyl (C=O) groups excluding carboxylic acids is 1. The zero-order valence-electron chi connectivity index (χ0n) is 18.4. The van der Waals surface area contributed by atoms with Gasteiger partial charge >= 0.3 is 5.97 Å². The van der Waals surface area contributed by atoms with E-state index < -0.39 is 5.97 Å². The second kappa shape index (κ2) is 9.01. The van der Waals surface area contributed by atoms with E-state index in [0.717, 1.165) is 25.1 Å². The Balaban J connectivity index is 1.19. The van der Waals surface area contributed by atoms with Crippen LogP contribution in [0, 0.1) is 0 Å². The summed E-state index contributed by atoms with van der Waals surface area (Å²) in [7, 11) is 1.31. The molecule has 0 amide bonds. The topological polar surface area (TPSA) is 111 Å². The monoisotopic (exact) mass is 446 g/mol. The first kappa shape index (κ1) is 21.1. The first-order chi connectivity index (χ1) is 16.1. The molecule has 9 nitrogen and oxygen atoms in total. The predicted octanol–water partition coefficient (Wildman–Crippen LogP) is 3.13. The molecule has 170 valence electrons. The lowest BCUT2D eigenvalue weighted by molar-refractivity contribution is 0.0600. The van der Waals surface area contributed by atoms with Crippen molar-refractivity contribution >= 4 is 17.7 Å². The third-order valence-corrected chi connectivity index (χ3v) is 6.20. The van der Waals surface area contributed by atoms with Crippen LogP contribution >= 0.6 is 0 Å².